The van der Waals surface area contributed by atoms with Crippen molar-refractivity contribution in [1.29, 1.82) is 0 Å². The Morgan fingerprint density at radius 2 is 2.24 bits per heavy atom. The molecule has 1 N–H and O–H groups in total. The number of nitrogens with zero attached hydrogens (tertiary/aromatic N) is 1. The molecule has 96 valence electrons. The van der Waals surface area contributed by atoms with Crippen molar-refractivity contribution in [2.75, 3.05) is 33.5 Å². The van der Waals surface area contributed by atoms with E-state index >= 15 is 0 Å². The minimum atomic E-state index is -0.331. The molecule has 1 unspecified atom stereocenters. The fourth-order valence-electron chi connectivity index (χ4n) is 1.48. The Bertz CT molecular complexity index is 323. The van der Waals surface area contributed by atoms with Crippen LogP contribution in [-0.2, 0) is 9.47 Å². The zero-order valence-electron chi connectivity index (χ0n) is 10.3. The van der Waals surface area contributed by atoms with E-state index in [0.29, 0.717) is 19.8 Å². The molecule has 0 amide bonds. The lowest BCUT2D eigenvalue weighted by atomic mass is 10.1. The van der Waals surface area contributed by atoms with E-state index in [1.807, 2.05) is 6.92 Å². The second-order valence-electron chi connectivity index (χ2n) is 3.61. The number of halogens is 1. The molecule has 17 heavy (non-hydrogen) atoms. The highest BCUT2D eigenvalue weighted by Crippen LogP contribution is 2.13. The molecule has 0 saturated heterocycles. The Labute approximate surface area is 101 Å². The number of rotatable bonds is 8. The van der Waals surface area contributed by atoms with Gasteiger partial charge in [0.1, 0.15) is 5.82 Å². The molecule has 0 aromatic carbocycles. The van der Waals surface area contributed by atoms with Crippen molar-refractivity contribution in [3.63, 3.8) is 0 Å². The number of hydrogen-bond donors (Lipinski definition) is 1. The predicted molar refractivity (Wildman–Crippen MR) is 63.3 cm³/mol. The van der Waals surface area contributed by atoms with Crippen LogP contribution in [-0.4, -0.2) is 38.5 Å². The summed E-state index contributed by atoms with van der Waals surface area (Å²) in [5.74, 6) is -0.331. The summed E-state index contributed by atoms with van der Waals surface area (Å²) in [4.78, 5) is 3.84. The number of ether oxygens (including phenoxy) is 2. The topological polar surface area (TPSA) is 43.4 Å². The first kappa shape index (κ1) is 14.0. The summed E-state index contributed by atoms with van der Waals surface area (Å²) in [5.41, 5.74) is 0.796. The van der Waals surface area contributed by atoms with E-state index < -0.39 is 0 Å². The van der Waals surface area contributed by atoms with Crippen molar-refractivity contribution >= 4 is 0 Å². The average Bonchev–Trinajstić information content (AvgIpc) is 2.33. The molecule has 1 aromatic heterocycles. The summed E-state index contributed by atoms with van der Waals surface area (Å²) in [5, 5.41) is 3.23. The summed E-state index contributed by atoms with van der Waals surface area (Å²) in [6.45, 7) is 4.34. The number of hydrogen-bond acceptors (Lipinski definition) is 4. The maximum atomic E-state index is 13.1. The first-order chi connectivity index (χ1) is 8.27. The Kier molecular flexibility index (Phi) is 6.69. The lowest BCUT2D eigenvalue weighted by Gasteiger charge is -2.18. The number of aromatic nitrogens is 1. The standard InChI is InChI=1S/C12H19FN2O2/c1-3-15-12(9-17-5-4-16-2)10-6-11(13)8-14-7-10/h6-8,12,15H,3-5,9H2,1-2H3. The molecule has 1 rings (SSSR count). The third kappa shape index (κ3) is 5.21. The van der Waals surface area contributed by atoms with Crippen LogP contribution in [0, 0.1) is 5.82 Å². The second-order valence-corrected chi connectivity index (χ2v) is 3.61. The van der Waals surface area contributed by atoms with Gasteiger partial charge in [0.25, 0.3) is 0 Å². The molecule has 0 saturated carbocycles. The number of likely N-dealkylation sites (N-methyl/N-ethyl adjacent to an activating group) is 1. The van der Waals surface area contributed by atoms with E-state index in [9.17, 15) is 4.39 Å². The molecule has 0 bridgehead atoms. The van der Waals surface area contributed by atoms with Crippen molar-refractivity contribution in [1.82, 2.24) is 10.3 Å². The summed E-state index contributed by atoms with van der Waals surface area (Å²) in [6, 6.07) is 1.43. The van der Waals surface area contributed by atoms with Gasteiger partial charge in [-0.15, -0.1) is 0 Å². The van der Waals surface area contributed by atoms with Crippen LogP contribution >= 0.6 is 0 Å². The number of methoxy groups -OCH3 is 1. The zero-order valence-corrected chi connectivity index (χ0v) is 10.3. The Morgan fingerprint density at radius 1 is 1.41 bits per heavy atom. The lowest BCUT2D eigenvalue weighted by Crippen LogP contribution is -2.26. The van der Waals surface area contributed by atoms with E-state index in [4.69, 9.17) is 9.47 Å². The van der Waals surface area contributed by atoms with Gasteiger partial charge >= 0.3 is 0 Å². The van der Waals surface area contributed by atoms with Crippen LogP contribution in [0.3, 0.4) is 0 Å². The fraction of sp³-hybridized carbons (Fsp3) is 0.583. The Hall–Kier alpha value is -1.04. The number of nitrogens with one attached hydrogen (secondary N) is 1. The molecular weight excluding hydrogens is 223 g/mol. The minimum Gasteiger partial charge on any atom is -0.382 e. The van der Waals surface area contributed by atoms with Crippen LogP contribution in [0.1, 0.15) is 18.5 Å². The van der Waals surface area contributed by atoms with Crippen molar-refractivity contribution < 1.29 is 13.9 Å². The summed E-state index contributed by atoms with van der Waals surface area (Å²) >= 11 is 0. The van der Waals surface area contributed by atoms with Crippen molar-refractivity contribution in [2.45, 2.75) is 13.0 Å². The molecule has 0 fully saturated rings. The first-order valence-corrected chi connectivity index (χ1v) is 5.68. The van der Waals surface area contributed by atoms with E-state index in [0.717, 1.165) is 12.1 Å². The quantitative estimate of drug-likeness (QED) is 0.702. The van der Waals surface area contributed by atoms with E-state index in [-0.39, 0.29) is 11.9 Å². The molecule has 0 radical (unpaired) electrons. The molecule has 4 nitrogen and oxygen atoms in total. The second kappa shape index (κ2) is 8.11. The third-order valence-corrected chi connectivity index (χ3v) is 2.30. The van der Waals surface area contributed by atoms with E-state index in [1.54, 1.807) is 13.3 Å². The SMILES string of the molecule is CCNC(COCCOC)c1cncc(F)c1. The average molecular weight is 242 g/mol. The largest absolute Gasteiger partial charge is 0.382 e. The van der Waals surface area contributed by atoms with Crippen LogP contribution in [0.5, 0.6) is 0 Å². The maximum Gasteiger partial charge on any atom is 0.141 e. The summed E-state index contributed by atoms with van der Waals surface area (Å²) < 4.78 is 23.4. The van der Waals surface area contributed by atoms with Gasteiger partial charge in [-0.25, -0.2) is 4.39 Å². The van der Waals surface area contributed by atoms with Crippen LogP contribution in [0.2, 0.25) is 0 Å². The molecule has 1 atom stereocenters. The monoisotopic (exact) mass is 242 g/mol. The predicted octanol–water partition coefficient (Wildman–Crippen LogP) is 1.53. The third-order valence-electron chi connectivity index (χ3n) is 2.30. The number of pyridine rings is 1. The van der Waals surface area contributed by atoms with Crippen LogP contribution < -0.4 is 5.32 Å². The lowest BCUT2D eigenvalue weighted by molar-refractivity contribution is 0.0587. The molecule has 0 aliphatic rings. The van der Waals surface area contributed by atoms with Crippen LogP contribution in [0.25, 0.3) is 0 Å². The van der Waals surface area contributed by atoms with Crippen molar-refractivity contribution in [3.8, 4) is 0 Å². The van der Waals surface area contributed by atoms with Gasteiger partial charge in [0.2, 0.25) is 0 Å². The normalized spacial score (nSPS) is 12.6. The fourth-order valence-corrected chi connectivity index (χ4v) is 1.48. The Morgan fingerprint density at radius 3 is 2.88 bits per heavy atom. The smallest absolute Gasteiger partial charge is 0.141 e. The van der Waals surface area contributed by atoms with E-state index in [2.05, 4.69) is 10.3 Å². The first-order valence-electron chi connectivity index (χ1n) is 5.68. The Balaban J connectivity index is 2.52. The molecule has 1 heterocycles. The minimum absolute atomic E-state index is 0.0416. The molecular formula is C12H19FN2O2. The van der Waals surface area contributed by atoms with Crippen molar-refractivity contribution in [2.24, 2.45) is 0 Å². The van der Waals surface area contributed by atoms with Gasteiger partial charge in [-0.3, -0.25) is 4.98 Å². The zero-order chi connectivity index (χ0) is 12.5. The molecule has 0 aliphatic carbocycles. The maximum absolute atomic E-state index is 13.1. The van der Waals surface area contributed by atoms with Gasteiger partial charge in [-0.1, -0.05) is 6.92 Å². The van der Waals surface area contributed by atoms with Gasteiger partial charge in [0.05, 0.1) is 32.1 Å². The van der Waals surface area contributed by atoms with Gasteiger partial charge in [-0.05, 0) is 18.2 Å². The van der Waals surface area contributed by atoms with Crippen molar-refractivity contribution in [3.05, 3.63) is 29.8 Å². The summed E-state index contributed by atoms with van der Waals surface area (Å²) in [7, 11) is 1.63. The molecule has 5 heteroatoms. The van der Waals surface area contributed by atoms with Gasteiger partial charge in [0.15, 0.2) is 0 Å². The highest BCUT2D eigenvalue weighted by atomic mass is 19.1. The summed E-state index contributed by atoms with van der Waals surface area (Å²) in [6.07, 6.45) is 2.84. The van der Waals surface area contributed by atoms with Gasteiger partial charge in [-0.2, -0.15) is 0 Å². The highest BCUT2D eigenvalue weighted by molar-refractivity contribution is 5.15. The van der Waals surface area contributed by atoms with Crippen LogP contribution in [0.4, 0.5) is 4.39 Å². The molecule has 0 spiro atoms. The van der Waals surface area contributed by atoms with Gasteiger partial charge < -0.3 is 14.8 Å². The molecule has 0 aliphatic heterocycles. The van der Waals surface area contributed by atoms with Gasteiger partial charge in [0, 0.05) is 13.3 Å². The highest BCUT2D eigenvalue weighted by Gasteiger charge is 2.11. The van der Waals surface area contributed by atoms with E-state index in [1.165, 1.54) is 12.3 Å². The van der Waals surface area contributed by atoms with Crippen LogP contribution in [0.15, 0.2) is 18.5 Å². The molecule has 1 aromatic rings.